The third kappa shape index (κ3) is 1.39. The van der Waals surface area contributed by atoms with Gasteiger partial charge in [-0.2, -0.15) is 0 Å². The third-order valence-electron chi connectivity index (χ3n) is 3.03. The van der Waals surface area contributed by atoms with Gasteiger partial charge in [0.15, 0.2) is 0 Å². The van der Waals surface area contributed by atoms with Crippen LogP contribution in [-0.4, -0.2) is 27.3 Å². The SMILES string of the molecule is CC(C)N1CCc2c(n(C)[nH]c2=O)C1. The van der Waals surface area contributed by atoms with Crippen LogP contribution < -0.4 is 5.56 Å². The Labute approximate surface area is 83.5 Å². The molecule has 14 heavy (non-hydrogen) atoms. The molecule has 1 aliphatic heterocycles. The van der Waals surface area contributed by atoms with Gasteiger partial charge in [0.1, 0.15) is 0 Å². The second-order valence-electron chi connectivity index (χ2n) is 4.24. The molecule has 78 valence electrons. The van der Waals surface area contributed by atoms with Crippen molar-refractivity contribution in [3.63, 3.8) is 0 Å². The first-order valence-electron chi connectivity index (χ1n) is 5.10. The molecule has 0 atom stereocenters. The molecule has 0 amide bonds. The Bertz CT molecular complexity index is 389. The number of nitrogens with zero attached hydrogens (tertiary/aromatic N) is 2. The van der Waals surface area contributed by atoms with Gasteiger partial charge in [-0.3, -0.25) is 19.5 Å². The minimum Gasteiger partial charge on any atom is -0.295 e. The fourth-order valence-electron chi connectivity index (χ4n) is 2.05. The van der Waals surface area contributed by atoms with Crippen LogP contribution >= 0.6 is 0 Å². The molecular weight excluding hydrogens is 178 g/mol. The average Bonchev–Trinajstić information content (AvgIpc) is 2.42. The molecule has 1 aliphatic rings. The van der Waals surface area contributed by atoms with E-state index < -0.39 is 0 Å². The second-order valence-corrected chi connectivity index (χ2v) is 4.24. The topological polar surface area (TPSA) is 41.0 Å². The first-order chi connectivity index (χ1) is 6.59. The Balaban J connectivity index is 2.34. The van der Waals surface area contributed by atoms with Crippen molar-refractivity contribution in [3.8, 4) is 0 Å². The van der Waals surface area contributed by atoms with Crippen LogP contribution in [0.5, 0.6) is 0 Å². The predicted octanol–water partition coefficient (Wildman–Crippen LogP) is 0.480. The molecule has 0 saturated carbocycles. The van der Waals surface area contributed by atoms with Crippen molar-refractivity contribution >= 4 is 0 Å². The van der Waals surface area contributed by atoms with Crippen molar-refractivity contribution in [2.45, 2.75) is 32.9 Å². The number of aromatic nitrogens is 2. The van der Waals surface area contributed by atoms with Crippen molar-refractivity contribution < 1.29 is 0 Å². The molecule has 4 nitrogen and oxygen atoms in total. The van der Waals surface area contributed by atoms with E-state index >= 15 is 0 Å². The molecule has 0 aromatic carbocycles. The molecule has 0 saturated heterocycles. The first-order valence-corrected chi connectivity index (χ1v) is 5.10. The lowest BCUT2D eigenvalue weighted by Crippen LogP contribution is -2.37. The van der Waals surface area contributed by atoms with E-state index in [1.165, 1.54) is 0 Å². The normalized spacial score (nSPS) is 17.4. The van der Waals surface area contributed by atoms with E-state index in [1.807, 2.05) is 11.7 Å². The van der Waals surface area contributed by atoms with Gasteiger partial charge in [0.05, 0.1) is 5.69 Å². The van der Waals surface area contributed by atoms with E-state index in [0.717, 1.165) is 30.8 Å². The fourth-order valence-corrected chi connectivity index (χ4v) is 2.05. The average molecular weight is 195 g/mol. The summed E-state index contributed by atoms with van der Waals surface area (Å²) in [4.78, 5) is 13.9. The van der Waals surface area contributed by atoms with Gasteiger partial charge in [-0.25, -0.2) is 0 Å². The highest BCUT2D eigenvalue weighted by molar-refractivity contribution is 5.20. The lowest BCUT2D eigenvalue weighted by molar-refractivity contribution is 0.197. The lowest BCUT2D eigenvalue weighted by atomic mass is 10.1. The first kappa shape index (κ1) is 9.52. The third-order valence-corrected chi connectivity index (χ3v) is 3.03. The van der Waals surface area contributed by atoms with Gasteiger partial charge in [0.25, 0.3) is 5.56 Å². The monoisotopic (exact) mass is 195 g/mol. The molecule has 0 radical (unpaired) electrons. The van der Waals surface area contributed by atoms with Crippen molar-refractivity contribution in [2.75, 3.05) is 6.54 Å². The number of fused-ring (bicyclic) bond motifs is 1. The summed E-state index contributed by atoms with van der Waals surface area (Å²) >= 11 is 0. The molecule has 0 fully saturated rings. The maximum Gasteiger partial charge on any atom is 0.267 e. The number of hydrogen-bond donors (Lipinski definition) is 1. The van der Waals surface area contributed by atoms with E-state index in [2.05, 4.69) is 23.8 Å². The molecule has 4 heteroatoms. The molecule has 0 unspecified atom stereocenters. The number of H-pyrrole nitrogens is 1. The van der Waals surface area contributed by atoms with Crippen molar-refractivity contribution in [1.29, 1.82) is 0 Å². The molecule has 1 aromatic heterocycles. The van der Waals surface area contributed by atoms with Crippen molar-refractivity contribution in [2.24, 2.45) is 7.05 Å². The Morgan fingerprint density at radius 3 is 2.79 bits per heavy atom. The van der Waals surface area contributed by atoms with E-state index in [1.54, 1.807) is 0 Å². The molecular formula is C10H17N3O. The van der Waals surface area contributed by atoms with E-state index in [0.29, 0.717) is 6.04 Å². The lowest BCUT2D eigenvalue weighted by Gasteiger charge is -2.30. The number of rotatable bonds is 1. The highest BCUT2D eigenvalue weighted by Gasteiger charge is 2.23. The van der Waals surface area contributed by atoms with E-state index in [-0.39, 0.29) is 5.56 Å². The smallest absolute Gasteiger partial charge is 0.267 e. The summed E-state index contributed by atoms with van der Waals surface area (Å²) in [5.41, 5.74) is 2.21. The van der Waals surface area contributed by atoms with Gasteiger partial charge in [-0.05, 0) is 20.3 Å². The summed E-state index contributed by atoms with van der Waals surface area (Å²) in [6, 6.07) is 0.549. The van der Waals surface area contributed by atoms with E-state index in [9.17, 15) is 4.79 Å². The standard InChI is InChI=1S/C10H17N3O/c1-7(2)13-5-4-8-9(6-13)12(3)11-10(8)14/h7H,4-6H2,1-3H3,(H,11,14). The minimum absolute atomic E-state index is 0.0888. The number of nitrogens with one attached hydrogen (secondary N) is 1. The maximum absolute atomic E-state index is 11.5. The van der Waals surface area contributed by atoms with Crippen LogP contribution in [0.2, 0.25) is 0 Å². The van der Waals surface area contributed by atoms with Gasteiger partial charge in [-0.15, -0.1) is 0 Å². The fraction of sp³-hybridized carbons (Fsp3) is 0.700. The molecule has 0 bridgehead atoms. The summed E-state index contributed by atoms with van der Waals surface area (Å²) in [7, 11) is 1.91. The van der Waals surface area contributed by atoms with Gasteiger partial charge >= 0.3 is 0 Å². The number of aromatic amines is 1. The van der Waals surface area contributed by atoms with Crippen LogP contribution in [0.25, 0.3) is 0 Å². The molecule has 0 aliphatic carbocycles. The number of hydrogen-bond acceptors (Lipinski definition) is 2. The van der Waals surface area contributed by atoms with Gasteiger partial charge in [0, 0.05) is 31.7 Å². The summed E-state index contributed by atoms with van der Waals surface area (Å²) in [5, 5.41) is 2.81. The zero-order chi connectivity index (χ0) is 10.3. The second kappa shape index (κ2) is 3.28. The van der Waals surface area contributed by atoms with Crippen LogP contribution in [0.4, 0.5) is 0 Å². The van der Waals surface area contributed by atoms with Gasteiger partial charge < -0.3 is 0 Å². The van der Waals surface area contributed by atoms with Crippen LogP contribution in [0.1, 0.15) is 25.1 Å². The van der Waals surface area contributed by atoms with Crippen LogP contribution in [0.3, 0.4) is 0 Å². The molecule has 1 N–H and O–H groups in total. The predicted molar refractivity (Wildman–Crippen MR) is 55.3 cm³/mol. The molecule has 2 heterocycles. The van der Waals surface area contributed by atoms with Gasteiger partial charge in [-0.1, -0.05) is 0 Å². The van der Waals surface area contributed by atoms with Crippen LogP contribution in [-0.2, 0) is 20.0 Å². The minimum atomic E-state index is 0.0888. The Morgan fingerprint density at radius 1 is 1.43 bits per heavy atom. The maximum atomic E-state index is 11.5. The largest absolute Gasteiger partial charge is 0.295 e. The van der Waals surface area contributed by atoms with Gasteiger partial charge in [0.2, 0.25) is 0 Å². The summed E-state index contributed by atoms with van der Waals surface area (Å²) in [5.74, 6) is 0. The highest BCUT2D eigenvalue weighted by Crippen LogP contribution is 2.16. The van der Waals surface area contributed by atoms with E-state index in [4.69, 9.17) is 0 Å². The molecule has 1 aromatic rings. The Hall–Kier alpha value is -1.03. The summed E-state index contributed by atoms with van der Waals surface area (Å²) in [6.07, 6.45) is 0.879. The quantitative estimate of drug-likeness (QED) is 0.708. The summed E-state index contributed by atoms with van der Waals surface area (Å²) < 4.78 is 1.85. The zero-order valence-corrected chi connectivity index (χ0v) is 9.00. The van der Waals surface area contributed by atoms with Crippen molar-refractivity contribution in [3.05, 3.63) is 21.6 Å². The van der Waals surface area contributed by atoms with Crippen LogP contribution in [0.15, 0.2) is 4.79 Å². The molecule has 2 rings (SSSR count). The van der Waals surface area contributed by atoms with Crippen LogP contribution in [0, 0.1) is 0 Å². The summed E-state index contributed by atoms with van der Waals surface area (Å²) in [6.45, 7) is 6.27. The number of aryl methyl sites for hydroxylation is 1. The van der Waals surface area contributed by atoms with Crippen molar-refractivity contribution in [1.82, 2.24) is 14.7 Å². The molecule has 0 spiro atoms. The Morgan fingerprint density at radius 2 is 2.14 bits per heavy atom. The highest BCUT2D eigenvalue weighted by atomic mass is 16.1. The Kier molecular flexibility index (Phi) is 2.23. The zero-order valence-electron chi connectivity index (χ0n) is 9.00.